The number of carbonyl (C=O) groups excluding carboxylic acids is 1. The number of thioether (sulfide) groups is 1. The van der Waals surface area contributed by atoms with Gasteiger partial charge < -0.3 is 5.32 Å². The lowest BCUT2D eigenvalue weighted by Crippen LogP contribution is -2.28. The number of amides is 1. The van der Waals surface area contributed by atoms with Crippen LogP contribution in [0.3, 0.4) is 0 Å². The standard InChI is InChI=1S/C16H18N2OS/c1-12-3-5-15(6-4-12)20-11-16(19)18-13(2)14-7-9-17-10-8-14/h3-10,13H,11H2,1-2H3,(H,18,19)/t13-/m1/s1. The van der Waals surface area contributed by atoms with Gasteiger partial charge in [0.2, 0.25) is 5.91 Å². The maximum absolute atomic E-state index is 11.9. The van der Waals surface area contributed by atoms with E-state index >= 15 is 0 Å². The van der Waals surface area contributed by atoms with Gasteiger partial charge in [-0.25, -0.2) is 0 Å². The van der Waals surface area contributed by atoms with E-state index in [1.165, 1.54) is 5.56 Å². The molecule has 2 rings (SSSR count). The SMILES string of the molecule is Cc1ccc(SCC(=O)N[C@H](C)c2ccncc2)cc1. The summed E-state index contributed by atoms with van der Waals surface area (Å²) in [7, 11) is 0. The molecule has 2 aromatic rings. The van der Waals surface area contributed by atoms with Crippen LogP contribution in [0.2, 0.25) is 0 Å². The quantitative estimate of drug-likeness (QED) is 0.857. The summed E-state index contributed by atoms with van der Waals surface area (Å²) in [6.45, 7) is 4.03. The van der Waals surface area contributed by atoms with Crippen LogP contribution in [-0.4, -0.2) is 16.6 Å². The van der Waals surface area contributed by atoms with E-state index in [1.54, 1.807) is 24.2 Å². The Hall–Kier alpha value is -1.81. The molecular formula is C16H18N2OS. The van der Waals surface area contributed by atoms with Crippen molar-refractivity contribution in [2.45, 2.75) is 24.8 Å². The topological polar surface area (TPSA) is 42.0 Å². The Morgan fingerprint density at radius 3 is 2.50 bits per heavy atom. The van der Waals surface area contributed by atoms with Crippen LogP contribution >= 0.6 is 11.8 Å². The van der Waals surface area contributed by atoms with Gasteiger partial charge in [0.15, 0.2) is 0 Å². The van der Waals surface area contributed by atoms with Crippen LogP contribution in [0.25, 0.3) is 0 Å². The molecule has 4 heteroatoms. The number of hydrogen-bond donors (Lipinski definition) is 1. The fourth-order valence-electron chi connectivity index (χ4n) is 1.80. The fourth-order valence-corrected chi connectivity index (χ4v) is 2.51. The van der Waals surface area contributed by atoms with Gasteiger partial charge in [-0.05, 0) is 43.7 Å². The molecule has 0 bridgehead atoms. The molecule has 0 fully saturated rings. The molecule has 1 atom stereocenters. The van der Waals surface area contributed by atoms with Crippen molar-refractivity contribution in [2.75, 3.05) is 5.75 Å². The second-order valence-corrected chi connectivity index (χ2v) is 5.72. The highest BCUT2D eigenvalue weighted by Crippen LogP contribution is 2.18. The molecule has 0 aliphatic carbocycles. The number of aryl methyl sites for hydroxylation is 1. The number of hydrogen-bond acceptors (Lipinski definition) is 3. The molecule has 0 aliphatic heterocycles. The summed E-state index contributed by atoms with van der Waals surface area (Å²) >= 11 is 1.55. The third kappa shape index (κ3) is 4.38. The second kappa shape index (κ2) is 7.10. The van der Waals surface area contributed by atoms with Crippen molar-refractivity contribution in [2.24, 2.45) is 0 Å². The second-order valence-electron chi connectivity index (χ2n) is 4.67. The van der Waals surface area contributed by atoms with Crippen molar-refractivity contribution in [1.29, 1.82) is 0 Å². The monoisotopic (exact) mass is 286 g/mol. The lowest BCUT2D eigenvalue weighted by Gasteiger charge is -2.13. The van der Waals surface area contributed by atoms with E-state index < -0.39 is 0 Å². The number of nitrogens with one attached hydrogen (secondary N) is 1. The molecule has 1 N–H and O–H groups in total. The van der Waals surface area contributed by atoms with Crippen molar-refractivity contribution < 1.29 is 4.79 Å². The third-order valence-electron chi connectivity index (χ3n) is 2.97. The molecule has 0 aliphatic rings. The normalized spacial score (nSPS) is 11.9. The zero-order valence-electron chi connectivity index (χ0n) is 11.7. The lowest BCUT2D eigenvalue weighted by molar-refractivity contribution is -0.119. The predicted molar refractivity (Wildman–Crippen MR) is 82.7 cm³/mol. The van der Waals surface area contributed by atoms with Gasteiger partial charge in [0.1, 0.15) is 0 Å². The third-order valence-corrected chi connectivity index (χ3v) is 3.99. The molecule has 3 nitrogen and oxygen atoms in total. The van der Waals surface area contributed by atoms with Gasteiger partial charge in [-0.3, -0.25) is 9.78 Å². The highest BCUT2D eigenvalue weighted by atomic mass is 32.2. The molecule has 0 radical (unpaired) electrons. The summed E-state index contributed by atoms with van der Waals surface area (Å²) in [5.74, 6) is 0.471. The van der Waals surface area contributed by atoms with Crippen molar-refractivity contribution >= 4 is 17.7 Å². The zero-order valence-corrected chi connectivity index (χ0v) is 12.5. The summed E-state index contributed by atoms with van der Waals surface area (Å²) in [5.41, 5.74) is 2.29. The maximum Gasteiger partial charge on any atom is 0.230 e. The van der Waals surface area contributed by atoms with Gasteiger partial charge >= 0.3 is 0 Å². The molecule has 0 saturated heterocycles. The molecule has 1 aromatic carbocycles. The van der Waals surface area contributed by atoms with Crippen LogP contribution < -0.4 is 5.32 Å². The highest BCUT2D eigenvalue weighted by molar-refractivity contribution is 8.00. The lowest BCUT2D eigenvalue weighted by atomic mass is 10.1. The van der Waals surface area contributed by atoms with E-state index in [2.05, 4.69) is 29.4 Å². The van der Waals surface area contributed by atoms with E-state index in [0.29, 0.717) is 5.75 Å². The van der Waals surface area contributed by atoms with Crippen LogP contribution in [0.1, 0.15) is 24.1 Å². The van der Waals surface area contributed by atoms with Gasteiger partial charge in [-0.2, -0.15) is 0 Å². The summed E-state index contributed by atoms with van der Waals surface area (Å²) in [5, 5.41) is 2.99. The van der Waals surface area contributed by atoms with Crippen molar-refractivity contribution in [1.82, 2.24) is 10.3 Å². The minimum atomic E-state index is 0.00381. The number of nitrogens with zero attached hydrogens (tertiary/aromatic N) is 1. The van der Waals surface area contributed by atoms with Crippen LogP contribution in [0.15, 0.2) is 53.7 Å². The molecule has 20 heavy (non-hydrogen) atoms. The fraction of sp³-hybridized carbons (Fsp3) is 0.250. The number of carbonyl (C=O) groups is 1. The molecule has 1 amide bonds. The molecule has 104 valence electrons. The molecular weight excluding hydrogens is 268 g/mol. The largest absolute Gasteiger partial charge is 0.349 e. The summed E-state index contributed by atoms with van der Waals surface area (Å²) in [4.78, 5) is 17.0. The number of aromatic nitrogens is 1. The zero-order chi connectivity index (χ0) is 14.4. The van der Waals surface area contributed by atoms with E-state index in [0.717, 1.165) is 10.5 Å². The number of pyridine rings is 1. The van der Waals surface area contributed by atoms with Gasteiger partial charge in [0, 0.05) is 17.3 Å². The van der Waals surface area contributed by atoms with Crippen molar-refractivity contribution in [3.63, 3.8) is 0 Å². The Morgan fingerprint density at radius 2 is 1.85 bits per heavy atom. The van der Waals surface area contributed by atoms with Gasteiger partial charge in [0.25, 0.3) is 0 Å². The van der Waals surface area contributed by atoms with E-state index in [9.17, 15) is 4.79 Å². The first-order chi connectivity index (χ1) is 9.65. The summed E-state index contributed by atoms with van der Waals surface area (Å²) in [6.07, 6.45) is 3.47. The first-order valence-electron chi connectivity index (χ1n) is 6.54. The van der Waals surface area contributed by atoms with Crippen LogP contribution in [0.4, 0.5) is 0 Å². The Labute approximate surface area is 123 Å². The summed E-state index contributed by atoms with van der Waals surface area (Å²) < 4.78 is 0. The molecule has 1 heterocycles. The molecule has 0 spiro atoms. The average molecular weight is 286 g/mol. The number of rotatable bonds is 5. The van der Waals surface area contributed by atoms with Gasteiger partial charge in [0.05, 0.1) is 11.8 Å². The number of benzene rings is 1. The minimum absolute atomic E-state index is 0.00381. The minimum Gasteiger partial charge on any atom is -0.349 e. The Bertz CT molecular complexity index is 554. The summed E-state index contributed by atoms with van der Waals surface area (Å²) in [6, 6.07) is 12.0. The smallest absolute Gasteiger partial charge is 0.230 e. The van der Waals surface area contributed by atoms with E-state index in [-0.39, 0.29) is 11.9 Å². The predicted octanol–water partition coefficient (Wildman–Crippen LogP) is 3.36. The van der Waals surface area contributed by atoms with Crippen LogP contribution in [0.5, 0.6) is 0 Å². The first-order valence-corrected chi connectivity index (χ1v) is 7.52. The van der Waals surface area contributed by atoms with Gasteiger partial charge in [-0.1, -0.05) is 17.7 Å². The van der Waals surface area contributed by atoms with E-state index in [4.69, 9.17) is 0 Å². The van der Waals surface area contributed by atoms with Gasteiger partial charge in [-0.15, -0.1) is 11.8 Å². The van der Waals surface area contributed by atoms with Crippen molar-refractivity contribution in [3.8, 4) is 0 Å². The first kappa shape index (κ1) is 14.6. The molecule has 1 aromatic heterocycles. The highest BCUT2D eigenvalue weighted by Gasteiger charge is 2.09. The molecule has 0 saturated carbocycles. The average Bonchev–Trinajstić information content (AvgIpc) is 2.47. The van der Waals surface area contributed by atoms with Crippen molar-refractivity contribution in [3.05, 3.63) is 59.9 Å². The van der Waals surface area contributed by atoms with Crippen LogP contribution in [-0.2, 0) is 4.79 Å². The van der Waals surface area contributed by atoms with Crippen LogP contribution in [0, 0.1) is 6.92 Å². The molecule has 0 unspecified atom stereocenters. The van der Waals surface area contributed by atoms with E-state index in [1.807, 2.05) is 31.2 Å². The Morgan fingerprint density at radius 1 is 1.20 bits per heavy atom. The Kier molecular flexibility index (Phi) is 5.18. The Balaban J connectivity index is 1.82. The maximum atomic E-state index is 11.9.